The van der Waals surface area contributed by atoms with Crippen molar-refractivity contribution in [3.05, 3.63) is 71.3 Å². The summed E-state index contributed by atoms with van der Waals surface area (Å²) in [6.45, 7) is 5.46. The Labute approximate surface area is 180 Å². The van der Waals surface area contributed by atoms with Crippen molar-refractivity contribution in [2.75, 3.05) is 18.1 Å². The first-order chi connectivity index (χ1) is 14.6. The molecule has 1 atom stereocenters. The number of aromatic nitrogens is 1. The van der Waals surface area contributed by atoms with E-state index in [0.29, 0.717) is 12.1 Å². The minimum atomic E-state index is -0.0170. The molecule has 0 spiro atoms. The Kier molecular flexibility index (Phi) is 5.01. The van der Waals surface area contributed by atoms with E-state index in [1.165, 1.54) is 5.56 Å². The van der Waals surface area contributed by atoms with Gasteiger partial charge >= 0.3 is 0 Å². The molecule has 1 unspecified atom stereocenters. The molecule has 0 radical (unpaired) electrons. The topological polar surface area (TPSA) is 42.4 Å². The van der Waals surface area contributed by atoms with Gasteiger partial charge in [-0.25, -0.2) is 4.98 Å². The number of nitrogens with zero attached hydrogens (tertiary/aromatic N) is 2. The van der Waals surface area contributed by atoms with Crippen LogP contribution in [0.1, 0.15) is 34.3 Å². The standard InChI is InChI=1S/C25H24N2O2S/c1-16-12-13-17(2)23-22(16)26-25(30-23)27(15-19-9-6-14-29-19)24(28)21-11-5-8-18-7-3-4-10-20(18)21/h3-5,7-8,10-13,19H,6,9,14-15H2,1-2H3. The van der Waals surface area contributed by atoms with Gasteiger partial charge in [-0.1, -0.05) is 59.9 Å². The van der Waals surface area contributed by atoms with Crippen molar-refractivity contribution < 1.29 is 9.53 Å². The maximum absolute atomic E-state index is 13.8. The first-order valence-electron chi connectivity index (χ1n) is 10.4. The summed E-state index contributed by atoms with van der Waals surface area (Å²) < 4.78 is 7.03. The lowest BCUT2D eigenvalue weighted by atomic mass is 10.0. The second-order valence-electron chi connectivity index (χ2n) is 7.95. The number of amides is 1. The van der Waals surface area contributed by atoms with E-state index in [-0.39, 0.29) is 12.0 Å². The molecule has 5 rings (SSSR count). The first-order valence-corrected chi connectivity index (χ1v) is 11.2. The summed E-state index contributed by atoms with van der Waals surface area (Å²) in [4.78, 5) is 20.6. The molecular formula is C25H24N2O2S. The van der Waals surface area contributed by atoms with Crippen LogP contribution in [0.2, 0.25) is 0 Å². The van der Waals surface area contributed by atoms with Crippen LogP contribution < -0.4 is 4.90 Å². The third kappa shape index (κ3) is 3.38. The molecule has 4 nitrogen and oxygen atoms in total. The second-order valence-corrected chi connectivity index (χ2v) is 8.93. The molecule has 1 aromatic heterocycles. The zero-order valence-corrected chi connectivity index (χ0v) is 18.0. The molecule has 3 aromatic carbocycles. The molecule has 5 heteroatoms. The van der Waals surface area contributed by atoms with Crippen LogP contribution in [0.25, 0.3) is 21.0 Å². The van der Waals surface area contributed by atoms with E-state index in [1.54, 1.807) is 11.3 Å². The predicted molar refractivity (Wildman–Crippen MR) is 124 cm³/mol. The molecule has 1 aliphatic rings. The van der Waals surface area contributed by atoms with Crippen LogP contribution in [0, 0.1) is 13.8 Å². The summed E-state index contributed by atoms with van der Waals surface area (Å²) in [6.07, 6.45) is 2.07. The van der Waals surface area contributed by atoms with E-state index < -0.39 is 0 Å². The fraction of sp³-hybridized carbons (Fsp3) is 0.280. The van der Waals surface area contributed by atoms with E-state index >= 15 is 0 Å². The van der Waals surface area contributed by atoms with Gasteiger partial charge in [-0.15, -0.1) is 0 Å². The van der Waals surface area contributed by atoms with Crippen molar-refractivity contribution in [3.63, 3.8) is 0 Å². The number of benzene rings is 3. The quantitative estimate of drug-likeness (QED) is 0.416. The molecular weight excluding hydrogens is 392 g/mol. The summed E-state index contributed by atoms with van der Waals surface area (Å²) in [5, 5.41) is 2.78. The molecule has 0 bridgehead atoms. The number of rotatable bonds is 4. The van der Waals surface area contributed by atoms with Crippen LogP contribution >= 0.6 is 11.3 Å². The highest BCUT2D eigenvalue weighted by Crippen LogP contribution is 2.35. The molecule has 0 aliphatic carbocycles. The maximum Gasteiger partial charge on any atom is 0.260 e. The monoisotopic (exact) mass is 416 g/mol. The smallest absolute Gasteiger partial charge is 0.260 e. The summed E-state index contributed by atoms with van der Waals surface area (Å²) in [5.41, 5.74) is 4.01. The largest absolute Gasteiger partial charge is 0.376 e. The number of ether oxygens (including phenoxy) is 1. The SMILES string of the molecule is Cc1ccc(C)c2sc(N(CC3CCCO3)C(=O)c3cccc4ccccc34)nc12. The Balaban J connectivity index is 1.62. The number of thiazole rings is 1. The number of carbonyl (C=O) groups excluding carboxylic acids is 1. The van der Waals surface area contributed by atoms with Crippen molar-refractivity contribution in [1.82, 2.24) is 4.98 Å². The lowest BCUT2D eigenvalue weighted by molar-refractivity contribution is 0.0919. The minimum absolute atomic E-state index is 0.0170. The van der Waals surface area contributed by atoms with Gasteiger partial charge in [0, 0.05) is 12.2 Å². The van der Waals surface area contributed by atoms with Crippen LogP contribution in [-0.4, -0.2) is 30.1 Å². The average molecular weight is 417 g/mol. The summed E-state index contributed by atoms with van der Waals surface area (Å²) >= 11 is 1.60. The van der Waals surface area contributed by atoms with Gasteiger partial charge in [0.2, 0.25) is 0 Å². The van der Waals surface area contributed by atoms with Crippen LogP contribution in [0.3, 0.4) is 0 Å². The number of anilines is 1. The molecule has 2 heterocycles. The molecule has 0 N–H and O–H groups in total. The minimum Gasteiger partial charge on any atom is -0.376 e. The number of hydrogen-bond acceptors (Lipinski definition) is 4. The lowest BCUT2D eigenvalue weighted by Gasteiger charge is -2.23. The summed E-state index contributed by atoms with van der Waals surface area (Å²) in [5.74, 6) is -0.0170. The molecule has 1 aliphatic heterocycles. The van der Waals surface area contributed by atoms with E-state index in [0.717, 1.165) is 51.1 Å². The Morgan fingerprint density at radius 3 is 2.70 bits per heavy atom. The van der Waals surface area contributed by atoms with Crippen molar-refractivity contribution in [3.8, 4) is 0 Å². The zero-order valence-electron chi connectivity index (χ0n) is 17.2. The van der Waals surface area contributed by atoms with Crippen molar-refractivity contribution >= 4 is 43.4 Å². The van der Waals surface area contributed by atoms with Gasteiger partial charge in [-0.3, -0.25) is 9.69 Å². The van der Waals surface area contributed by atoms with Gasteiger partial charge in [0.15, 0.2) is 5.13 Å². The molecule has 1 amide bonds. The van der Waals surface area contributed by atoms with Gasteiger partial charge < -0.3 is 4.74 Å². The Morgan fingerprint density at radius 1 is 1.10 bits per heavy atom. The van der Waals surface area contributed by atoms with Gasteiger partial charge in [0.1, 0.15) is 0 Å². The van der Waals surface area contributed by atoms with Gasteiger partial charge in [-0.05, 0) is 54.7 Å². The fourth-order valence-electron chi connectivity index (χ4n) is 4.16. The maximum atomic E-state index is 13.8. The average Bonchev–Trinajstić information content (AvgIpc) is 3.44. The van der Waals surface area contributed by atoms with Gasteiger partial charge in [0.05, 0.1) is 22.9 Å². The third-order valence-corrected chi connectivity index (χ3v) is 7.05. The zero-order chi connectivity index (χ0) is 20.7. The van der Waals surface area contributed by atoms with Gasteiger partial charge in [-0.2, -0.15) is 0 Å². The molecule has 152 valence electrons. The molecule has 1 saturated heterocycles. The van der Waals surface area contributed by atoms with E-state index in [1.807, 2.05) is 47.4 Å². The van der Waals surface area contributed by atoms with Crippen LogP contribution in [0.15, 0.2) is 54.6 Å². The number of hydrogen-bond donors (Lipinski definition) is 0. The molecule has 4 aromatic rings. The Morgan fingerprint density at radius 2 is 1.90 bits per heavy atom. The number of fused-ring (bicyclic) bond motifs is 2. The highest BCUT2D eigenvalue weighted by molar-refractivity contribution is 7.22. The third-order valence-electron chi connectivity index (χ3n) is 5.84. The van der Waals surface area contributed by atoms with Crippen LogP contribution in [0.4, 0.5) is 5.13 Å². The second kappa shape index (κ2) is 7.82. The Hall–Kier alpha value is -2.76. The van der Waals surface area contributed by atoms with Crippen molar-refractivity contribution in [2.24, 2.45) is 0 Å². The van der Waals surface area contributed by atoms with Crippen LogP contribution in [0.5, 0.6) is 0 Å². The molecule has 0 saturated carbocycles. The number of aryl methyl sites for hydroxylation is 2. The van der Waals surface area contributed by atoms with Crippen molar-refractivity contribution in [2.45, 2.75) is 32.8 Å². The van der Waals surface area contributed by atoms with Gasteiger partial charge in [0.25, 0.3) is 5.91 Å². The highest BCUT2D eigenvalue weighted by Gasteiger charge is 2.28. The Bertz CT molecular complexity index is 1200. The molecule has 30 heavy (non-hydrogen) atoms. The lowest BCUT2D eigenvalue weighted by Crippen LogP contribution is -2.37. The van der Waals surface area contributed by atoms with E-state index in [9.17, 15) is 4.79 Å². The van der Waals surface area contributed by atoms with E-state index in [4.69, 9.17) is 9.72 Å². The number of carbonyl (C=O) groups is 1. The van der Waals surface area contributed by atoms with Crippen molar-refractivity contribution in [1.29, 1.82) is 0 Å². The first kappa shape index (κ1) is 19.2. The van der Waals surface area contributed by atoms with E-state index in [2.05, 4.69) is 26.0 Å². The summed E-state index contributed by atoms with van der Waals surface area (Å²) in [6, 6.07) is 18.2. The molecule has 1 fully saturated rings. The predicted octanol–water partition coefficient (Wildman–Crippen LogP) is 5.89. The highest BCUT2D eigenvalue weighted by atomic mass is 32.1. The van der Waals surface area contributed by atoms with Crippen LogP contribution in [-0.2, 0) is 4.74 Å². The fourth-order valence-corrected chi connectivity index (χ4v) is 5.28. The summed E-state index contributed by atoms with van der Waals surface area (Å²) in [7, 11) is 0. The normalized spacial score (nSPS) is 16.4.